The first-order valence-corrected chi connectivity index (χ1v) is 8.81. The van der Waals surface area contributed by atoms with Gasteiger partial charge in [0.25, 0.3) is 0 Å². The van der Waals surface area contributed by atoms with Crippen LogP contribution in [0.1, 0.15) is 6.92 Å². The Morgan fingerprint density at radius 1 is 1.14 bits per heavy atom. The minimum atomic E-state index is -3.04. The van der Waals surface area contributed by atoms with E-state index < -0.39 is 15.8 Å². The molecule has 0 aromatic carbocycles. The standard InChI is InChI=1S/C12H21N3O5S/c1-10-9-21(19,20)7-6-15(10)12(18)14-4-2-13(3-5-14)8-11(16)17/h10H,2-9H2,1H3,(H,16,17). The summed E-state index contributed by atoms with van der Waals surface area (Å²) in [6.45, 7) is 3.97. The van der Waals surface area contributed by atoms with Gasteiger partial charge >= 0.3 is 12.0 Å². The highest BCUT2D eigenvalue weighted by molar-refractivity contribution is 7.91. The Hall–Kier alpha value is -1.35. The van der Waals surface area contributed by atoms with Gasteiger partial charge in [0.2, 0.25) is 0 Å². The predicted molar refractivity (Wildman–Crippen MR) is 75.9 cm³/mol. The smallest absolute Gasteiger partial charge is 0.320 e. The van der Waals surface area contributed by atoms with Crippen molar-refractivity contribution in [2.75, 3.05) is 50.8 Å². The number of urea groups is 1. The van der Waals surface area contributed by atoms with Crippen LogP contribution in [0.5, 0.6) is 0 Å². The second-order valence-electron chi connectivity index (χ2n) is 5.60. The fourth-order valence-corrected chi connectivity index (χ4v) is 4.31. The lowest BCUT2D eigenvalue weighted by molar-refractivity contribution is -0.138. The Labute approximate surface area is 124 Å². The molecule has 2 fully saturated rings. The largest absolute Gasteiger partial charge is 0.480 e. The van der Waals surface area contributed by atoms with E-state index in [1.165, 1.54) is 0 Å². The minimum Gasteiger partial charge on any atom is -0.480 e. The van der Waals surface area contributed by atoms with E-state index in [1.807, 2.05) is 0 Å². The Morgan fingerprint density at radius 2 is 1.76 bits per heavy atom. The summed E-state index contributed by atoms with van der Waals surface area (Å²) in [6.07, 6.45) is 0. The highest BCUT2D eigenvalue weighted by Gasteiger charge is 2.34. The molecule has 0 aromatic rings. The molecule has 2 aliphatic heterocycles. The third kappa shape index (κ3) is 4.07. The number of hydrogen-bond acceptors (Lipinski definition) is 5. The summed E-state index contributed by atoms with van der Waals surface area (Å²) in [5.74, 6) is -0.843. The van der Waals surface area contributed by atoms with E-state index in [4.69, 9.17) is 5.11 Å². The van der Waals surface area contributed by atoms with Gasteiger partial charge in [-0.2, -0.15) is 0 Å². The van der Waals surface area contributed by atoms with Crippen molar-refractivity contribution in [1.82, 2.24) is 14.7 Å². The average Bonchev–Trinajstić information content (AvgIpc) is 2.37. The number of carboxylic acids is 1. The zero-order valence-corrected chi connectivity index (χ0v) is 12.9. The zero-order valence-electron chi connectivity index (χ0n) is 12.1. The van der Waals surface area contributed by atoms with Crippen LogP contribution in [0, 0.1) is 0 Å². The maximum Gasteiger partial charge on any atom is 0.320 e. The molecule has 8 nitrogen and oxygen atoms in total. The molecule has 1 atom stereocenters. The van der Waals surface area contributed by atoms with Crippen molar-refractivity contribution < 1.29 is 23.1 Å². The highest BCUT2D eigenvalue weighted by atomic mass is 32.2. The second kappa shape index (κ2) is 6.18. The Balaban J connectivity index is 1.89. The number of hydrogen-bond donors (Lipinski definition) is 1. The van der Waals surface area contributed by atoms with E-state index in [2.05, 4.69) is 0 Å². The Morgan fingerprint density at radius 3 is 2.29 bits per heavy atom. The first-order chi connectivity index (χ1) is 9.78. The number of aliphatic carboxylic acids is 1. The molecule has 0 saturated carbocycles. The van der Waals surface area contributed by atoms with Gasteiger partial charge in [-0.3, -0.25) is 9.69 Å². The van der Waals surface area contributed by atoms with Crippen molar-refractivity contribution in [1.29, 1.82) is 0 Å². The number of piperazine rings is 1. The molecule has 0 aromatic heterocycles. The van der Waals surface area contributed by atoms with Crippen LogP contribution in [0.15, 0.2) is 0 Å². The van der Waals surface area contributed by atoms with Crippen molar-refractivity contribution in [3.8, 4) is 0 Å². The molecule has 2 rings (SSSR count). The third-order valence-corrected chi connectivity index (χ3v) is 5.71. The molecule has 0 spiro atoms. The molecule has 21 heavy (non-hydrogen) atoms. The summed E-state index contributed by atoms with van der Waals surface area (Å²) < 4.78 is 23.1. The van der Waals surface area contributed by atoms with Gasteiger partial charge in [-0.05, 0) is 6.92 Å². The molecule has 1 unspecified atom stereocenters. The van der Waals surface area contributed by atoms with Crippen LogP contribution in [-0.4, -0.2) is 97.0 Å². The van der Waals surface area contributed by atoms with Crippen LogP contribution in [0.25, 0.3) is 0 Å². The fourth-order valence-electron chi connectivity index (χ4n) is 2.75. The van der Waals surface area contributed by atoms with Gasteiger partial charge in [-0.1, -0.05) is 0 Å². The maximum absolute atomic E-state index is 12.4. The van der Waals surface area contributed by atoms with Gasteiger partial charge in [0, 0.05) is 38.8 Å². The topological polar surface area (TPSA) is 98.2 Å². The lowest BCUT2D eigenvalue weighted by Gasteiger charge is -2.40. The monoisotopic (exact) mass is 319 g/mol. The molecule has 1 N–H and O–H groups in total. The number of carbonyl (C=O) groups excluding carboxylic acids is 1. The van der Waals surface area contributed by atoms with Gasteiger partial charge in [0.1, 0.15) is 0 Å². The Bertz CT molecular complexity index is 513. The predicted octanol–water partition coefficient (Wildman–Crippen LogP) is -1.07. The molecule has 2 aliphatic rings. The lowest BCUT2D eigenvalue weighted by atomic mass is 10.3. The summed E-state index contributed by atoms with van der Waals surface area (Å²) in [7, 11) is -3.04. The van der Waals surface area contributed by atoms with E-state index in [0.29, 0.717) is 26.2 Å². The number of rotatable bonds is 2. The molecule has 2 heterocycles. The summed E-state index contributed by atoms with van der Waals surface area (Å²) in [4.78, 5) is 28.1. The Kier molecular flexibility index (Phi) is 4.72. The van der Waals surface area contributed by atoms with Gasteiger partial charge in [0.05, 0.1) is 18.1 Å². The van der Waals surface area contributed by atoms with Crippen LogP contribution in [0.2, 0.25) is 0 Å². The summed E-state index contributed by atoms with van der Waals surface area (Å²) >= 11 is 0. The van der Waals surface area contributed by atoms with Crippen LogP contribution in [0.4, 0.5) is 4.79 Å². The van der Waals surface area contributed by atoms with Crippen molar-refractivity contribution >= 4 is 21.8 Å². The second-order valence-corrected chi connectivity index (χ2v) is 7.83. The first kappa shape index (κ1) is 16.0. The molecular weight excluding hydrogens is 298 g/mol. The number of sulfone groups is 1. The van der Waals surface area contributed by atoms with E-state index in [1.54, 1.807) is 21.6 Å². The van der Waals surface area contributed by atoms with E-state index in [0.717, 1.165) is 0 Å². The highest BCUT2D eigenvalue weighted by Crippen LogP contribution is 2.15. The van der Waals surface area contributed by atoms with Crippen molar-refractivity contribution in [2.45, 2.75) is 13.0 Å². The molecule has 9 heteroatoms. The molecule has 120 valence electrons. The molecular formula is C12H21N3O5S. The van der Waals surface area contributed by atoms with Gasteiger partial charge in [0.15, 0.2) is 9.84 Å². The quantitative estimate of drug-likeness (QED) is 0.696. The van der Waals surface area contributed by atoms with Crippen molar-refractivity contribution in [3.05, 3.63) is 0 Å². The van der Waals surface area contributed by atoms with Gasteiger partial charge in [-0.25, -0.2) is 13.2 Å². The minimum absolute atomic E-state index is 0.0116. The van der Waals surface area contributed by atoms with Crippen molar-refractivity contribution in [3.63, 3.8) is 0 Å². The first-order valence-electron chi connectivity index (χ1n) is 6.98. The number of carboxylic acid groups (broad SMARTS) is 1. The molecule has 2 saturated heterocycles. The molecule has 0 radical (unpaired) electrons. The normalized spacial score (nSPS) is 26.6. The molecule has 2 amide bonds. The van der Waals surface area contributed by atoms with E-state index in [-0.39, 0.29) is 36.7 Å². The molecule has 0 aliphatic carbocycles. The third-order valence-electron chi connectivity index (χ3n) is 3.92. The SMILES string of the molecule is CC1CS(=O)(=O)CCN1C(=O)N1CCN(CC(=O)O)CC1. The molecule has 0 bridgehead atoms. The van der Waals surface area contributed by atoms with Gasteiger partial charge < -0.3 is 14.9 Å². The average molecular weight is 319 g/mol. The zero-order chi connectivity index (χ0) is 15.6. The summed E-state index contributed by atoms with van der Waals surface area (Å²) in [5.41, 5.74) is 0. The van der Waals surface area contributed by atoms with E-state index >= 15 is 0 Å². The number of amides is 2. The van der Waals surface area contributed by atoms with E-state index in [9.17, 15) is 18.0 Å². The van der Waals surface area contributed by atoms with Crippen molar-refractivity contribution in [2.24, 2.45) is 0 Å². The number of carbonyl (C=O) groups is 2. The van der Waals surface area contributed by atoms with Crippen LogP contribution in [0.3, 0.4) is 0 Å². The fraction of sp³-hybridized carbons (Fsp3) is 0.833. The summed E-state index contributed by atoms with van der Waals surface area (Å²) in [5, 5.41) is 8.74. The van der Waals surface area contributed by atoms with Crippen LogP contribution < -0.4 is 0 Å². The number of nitrogens with zero attached hydrogens (tertiary/aromatic N) is 3. The van der Waals surface area contributed by atoms with Gasteiger partial charge in [-0.15, -0.1) is 0 Å². The van der Waals surface area contributed by atoms with Crippen LogP contribution >= 0.6 is 0 Å². The maximum atomic E-state index is 12.4. The van der Waals surface area contributed by atoms with Crippen LogP contribution in [-0.2, 0) is 14.6 Å². The lowest BCUT2D eigenvalue weighted by Crippen LogP contribution is -2.58. The summed E-state index contributed by atoms with van der Waals surface area (Å²) in [6, 6.07) is -0.458.